The van der Waals surface area contributed by atoms with E-state index in [2.05, 4.69) is 27.1 Å². The fraction of sp³-hybridized carbons (Fsp3) is 0.289. The van der Waals surface area contributed by atoms with Crippen molar-refractivity contribution in [3.8, 4) is 17.2 Å². The molecule has 0 fully saturated rings. The van der Waals surface area contributed by atoms with Gasteiger partial charge < -0.3 is 29.9 Å². The zero-order valence-corrected chi connectivity index (χ0v) is 29.4. The molecule has 0 unspecified atom stereocenters. The Kier molecular flexibility index (Phi) is 13.8. The second kappa shape index (κ2) is 18.4. The molecule has 4 rings (SSSR count). The first kappa shape index (κ1) is 38.2. The van der Waals surface area contributed by atoms with Gasteiger partial charge in [0.25, 0.3) is 0 Å². The summed E-state index contributed by atoms with van der Waals surface area (Å²) in [5.41, 5.74) is 4.45. The second-order valence-electron chi connectivity index (χ2n) is 12.1. The van der Waals surface area contributed by atoms with E-state index in [4.69, 9.17) is 14.6 Å². The van der Waals surface area contributed by atoms with Crippen molar-refractivity contribution in [3.63, 3.8) is 0 Å². The third kappa shape index (κ3) is 13.0. The molecular formula is C38H43N3O9S. The molecule has 1 amide bonds. The highest BCUT2D eigenvalue weighted by Crippen LogP contribution is 2.31. The van der Waals surface area contributed by atoms with Crippen LogP contribution >= 0.6 is 0 Å². The van der Waals surface area contributed by atoms with E-state index in [-0.39, 0.29) is 19.3 Å². The quantitative estimate of drug-likeness (QED) is 0.0756. The summed E-state index contributed by atoms with van der Waals surface area (Å²) >= 11 is 0. The first-order chi connectivity index (χ1) is 24.4. The van der Waals surface area contributed by atoms with E-state index < -0.39 is 33.9 Å². The van der Waals surface area contributed by atoms with Crippen molar-refractivity contribution in [3.05, 3.63) is 114 Å². The third-order valence-corrected chi connectivity index (χ3v) is 8.45. The Labute approximate surface area is 298 Å². The van der Waals surface area contributed by atoms with Gasteiger partial charge in [-0.15, -0.1) is 0 Å². The van der Waals surface area contributed by atoms with E-state index in [1.54, 1.807) is 30.3 Å². The standard InChI is InChI=1S/C38H43N3O9S/c1-27-33(40-51(2,47)48)11-8-12-35(27)41(25-28-9-4-3-5-10-28)26-29-14-16-31(17-15-29)50-32-20-18-30(19-21-32)49-24-7-6-13-36(42)39-34(38(45)46)22-23-37(43)44/h3-5,8-12,14-21,34,40H,6-7,13,22-26H2,1-2H3,(H,39,42)(H,43,44)(H,45,46)/t34-/m0/s1. The molecule has 13 heteroatoms. The predicted octanol–water partition coefficient (Wildman–Crippen LogP) is 6.35. The topological polar surface area (TPSA) is 172 Å². The molecule has 0 aliphatic rings. The van der Waals surface area contributed by atoms with Gasteiger partial charge in [-0.05, 0) is 91.4 Å². The second-order valence-corrected chi connectivity index (χ2v) is 13.8. The number of nitrogens with one attached hydrogen (secondary N) is 2. The van der Waals surface area contributed by atoms with Gasteiger partial charge >= 0.3 is 11.9 Å². The normalized spacial score (nSPS) is 11.6. The van der Waals surface area contributed by atoms with Crippen molar-refractivity contribution in [2.24, 2.45) is 0 Å². The number of hydrogen-bond acceptors (Lipinski definition) is 8. The van der Waals surface area contributed by atoms with Crippen LogP contribution in [0.2, 0.25) is 0 Å². The van der Waals surface area contributed by atoms with Crippen molar-refractivity contribution in [2.45, 2.75) is 58.2 Å². The number of aliphatic carboxylic acids is 2. The van der Waals surface area contributed by atoms with Crippen LogP contribution in [0.3, 0.4) is 0 Å². The molecule has 4 N–H and O–H groups in total. The van der Waals surface area contributed by atoms with Crippen LogP contribution in [0, 0.1) is 6.92 Å². The number of rotatable bonds is 20. The first-order valence-corrected chi connectivity index (χ1v) is 18.4. The van der Waals surface area contributed by atoms with Crippen molar-refractivity contribution >= 4 is 39.2 Å². The van der Waals surface area contributed by atoms with Gasteiger partial charge in [0.1, 0.15) is 23.3 Å². The molecule has 4 aromatic carbocycles. The molecule has 0 aliphatic carbocycles. The van der Waals surface area contributed by atoms with E-state index in [0.717, 1.165) is 28.6 Å². The molecule has 1 atom stereocenters. The molecule has 0 spiro atoms. The van der Waals surface area contributed by atoms with Crippen LogP contribution < -0.4 is 24.4 Å². The molecule has 0 aliphatic heterocycles. The summed E-state index contributed by atoms with van der Waals surface area (Å²) in [6, 6.07) is 29.4. The minimum Gasteiger partial charge on any atom is -0.494 e. The lowest BCUT2D eigenvalue weighted by Crippen LogP contribution is -2.41. The molecule has 0 bridgehead atoms. The van der Waals surface area contributed by atoms with E-state index in [1.807, 2.05) is 61.5 Å². The van der Waals surface area contributed by atoms with Crippen molar-refractivity contribution in [1.29, 1.82) is 0 Å². The Morgan fingerprint density at radius 3 is 1.98 bits per heavy atom. The Bertz CT molecular complexity index is 1870. The minimum absolute atomic E-state index is 0.104. The SMILES string of the molecule is Cc1c(NS(C)(=O)=O)cccc1N(Cc1ccccc1)Cc1ccc(Oc2ccc(OCCCCC(=O)N[C@@H](CCC(=O)O)C(=O)O)cc2)cc1. The molecule has 0 aromatic heterocycles. The Hall–Kier alpha value is -5.56. The predicted molar refractivity (Wildman–Crippen MR) is 195 cm³/mol. The number of unbranched alkanes of at least 4 members (excludes halogenated alkanes) is 1. The fourth-order valence-electron chi connectivity index (χ4n) is 5.30. The maximum atomic E-state index is 12.1. The fourth-order valence-corrected chi connectivity index (χ4v) is 5.92. The van der Waals surface area contributed by atoms with Gasteiger partial charge in [0.2, 0.25) is 15.9 Å². The molecule has 51 heavy (non-hydrogen) atoms. The smallest absolute Gasteiger partial charge is 0.326 e. The summed E-state index contributed by atoms with van der Waals surface area (Å²) < 4.78 is 38.4. The third-order valence-electron chi connectivity index (χ3n) is 7.86. The highest BCUT2D eigenvalue weighted by Gasteiger charge is 2.20. The zero-order valence-electron chi connectivity index (χ0n) is 28.6. The Morgan fingerprint density at radius 2 is 1.37 bits per heavy atom. The van der Waals surface area contributed by atoms with Crippen molar-refractivity contribution in [2.75, 3.05) is 22.5 Å². The maximum Gasteiger partial charge on any atom is 0.326 e. The minimum atomic E-state index is -3.44. The van der Waals surface area contributed by atoms with Crippen LogP contribution in [0.4, 0.5) is 11.4 Å². The van der Waals surface area contributed by atoms with Crippen molar-refractivity contribution < 1.29 is 42.5 Å². The summed E-state index contributed by atoms with van der Waals surface area (Å²) in [5.74, 6) is -0.923. The van der Waals surface area contributed by atoms with E-state index in [0.29, 0.717) is 55.5 Å². The molecule has 0 radical (unpaired) electrons. The largest absolute Gasteiger partial charge is 0.494 e. The lowest BCUT2D eigenvalue weighted by atomic mass is 10.1. The summed E-state index contributed by atoms with van der Waals surface area (Å²) in [6.45, 7) is 3.46. The molecule has 270 valence electrons. The Morgan fingerprint density at radius 1 is 0.765 bits per heavy atom. The van der Waals surface area contributed by atoms with Gasteiger partial charge in [-0.2, -0.15) is 0 Å². The zero-order chi connectivity index (χ0) is 36.8. The van der Waals surface area contributed by atoms with E-state index in [1.165, 1.54) is 0 Å². The molecule has 4 aromatic rings. The van der Waals surface area contributed by atoms with Gasteiger partial charge in [0.15, 0.2) is 0 Å². The van der Waals surface area contributed by atoms with Gasteiger partial charge in [-0.3, -0.25) is 14.3 Å². The van der Waals surface area contributed by atoms with Gasteiger partial charge in [0, 0.05) is 31.6 Å². The first-order valence-electron chi connectivity index (χ1n) is 16.5. The van der Waals surface area contributed by atoms with Crippen LogP contribution in [0.1, 0.15) is 48.8 Å². The number of amides is 1. The molecule has 0 saturated carbocycles. The number of hydrogen-bond donors (Lipinski definition) is 4. The average Bonchev–Trinajstić information content (AvgIpc) is 3.08. The summed E-state index contributed by atoms with van der Waals surface area (Å²) in [4.78, 5) is 36.2. The summed E-state index contributed by atoms with van der Waals surface area (Å²) in [5, 5.41) is 20.3. The average molecular weight is 718 g/mol. The number of nitrogens with zero attached hydrogens (tertiary/aromatic N) is 1. The number of carbonyl (C=O) groups excluding carboxylic acids is 1. The van der Waals surface area contributed by atoms with Crippen LogP contribution in [-0.4, -0.2) is 55.4 Å². The highest BCUT2D eigenvalue weighted by molar-refractivity contribution is 7.92. The Balaban J connectivity index is 1.29. The van der Waals surface area contributed by atoms with Gasteiger partial charge in [-0.25, -0.2) is 13.2 Å². The monoisotopic (exact) mass is 717 g/mol. The van der Waals surface area contributed by atoms with E-state index >= 15 is 0 Å². The number of anilines is 2. The lowest BCUT2D eigenvalue weighted by Gasteiger charge is -2.28. The number of carbonyl (C=O) groups is 3. The number of carboxylic acid groups (broad SMARTS) is 2. The molecule has 0 heterocycles. The highest BCUT2D eigenvalue weighted by atomic mass is 32.2. The van der Waals surface area contributed by atoms with Crippen molar-refractivity contribution in [1.82, 2.24) is 5.32 Å². The lowest BCUT2D eigenvalue weighted by molar-refractivity contribution is -0.143. The number of sulfonamides is 1. The molecular weight excluding hydrogens is 674 g/mol. The summed E-state index contributed by atoms with van der Waals surface area (Å²) in [6.07, 6.45) is 1.76. The summed E-state index contributed by atoms with van der Waals surface area (Å²) in [7, 11) is -3.44. The number of carboxylic acids is 2. The van der Waals surface area contributed by atoms with E-state index in [9.17, 15) is 27.9 Å². The van der Waals surface area contributed by atoms with Crippen LogP contribution in [0.5, 0.6) is 17.2 Å². The van der Waals surface area contributed by atoms with Gasteiger partial charge in [0.05, 0.1) is 18.6 Å². The number of benzene rings is 4. The maximum absolute atomic E-state index is 12.1. The molecule has 12 nitrogen and oxygen atoms in total. The van der Waals surface area contributed by atoms with Crippen LogP contribution in [0.25, 0.3) is 0 Å². The molecule has 0 saturated heterocycles. The number of ether oxygens (including phenoxy) is 2. The van der Waals surface area contributed by atoms with Gasteiger partial charge in [-0.1, -0.05) is 48.5 Å². The van der Waals surface area contributed by atoms with Crippen LogP contribution in [0.15, 0.2) is 97.1 Å². The van der Waals surface area contributed by atoms with Crippen LogP contribution in [-0.2, 0) is 37.5 Å².